The quantitative estimate of drug-likeness (QED) is 0.358. The average Bonchev–Trinajstić information content (AvgIpc) is 3.34. The number of carboxylic acids is 1. The van der Waals surface area contributed by atoms with Crippen molar-refractivity contribution in [3.63, 3.8) is 0 Å². The van der Waals surface area contributed by atoms with Gasteiger partial charge < -0.3 is 19.3 Å². The predicted octanol–water partition coefficient (Wildman–Crippen LogP) is 5.44. The molecule has 0 spiro atoms. The molecule has 7 nitrogen and oxygen atoms in total. The summed E-state index contributed by atoms with van der Waals surface area (Å²) in [6, 6.07) is 22.0. The molecule has 0 aliphatic rings. The molecule has 4 rings (SSSR count). The third-order valence-corrected chi connectivity index (χ3v) is 5.72. The minimum atomic E-state index is -0.827. The number of aryl methyl sites for hydroxylation is 1. The second-order valence-electron chi connectivity index (χ2n) is 8.16. The minimum Gasteiger partial charge on any atom is -0.481 e. The Kier molecular flexibility index (Phi) is 7.04. The van der Waals surface area contributed by atoms with Crippen LogP contribution in [-0.2, 0) is 16.1 Å². The molecule has 1 N–H and O–H groups in total. The molecule has 0 saturated carbocycles. The zero-order valence-electron chi connectivity index (χ0n) is 19.5. The summed E-state index contributed by atoms with van der Waals surface area (Å²) in [6.45, 7) is 2.96. The summed E-state index contributed by atoms with van der Waals surface area (Å²) >= 11 is 0. The smallest absolute Gasteiger partial charge is 0.305 e. The molecule has 34 heavy (non-hydrogen) atoms. The molecule has 0 saturated heterocycles. The van der Waals surface area contributed by atoms with Gasteiger partial charge in [-0.2, -0.15) is 4.98 Å². The normalized spacial score (nSPS) is 10.9. The van der Waals surface area contributed by atoms with Crippen LogP contribution in [0.5, 0.6) is 0 Å². The van der Waals surface area contributed by atoms with Crippen molar-refractivity contribution in [3.05, 3.63) is 77.9 Å². The number of carboxylic acid groups (broad SMARTS) is 1. The van der Waals surface area contributed by atoms with Crippen molar-refractivity contribution < 1.29 is 19.2 Å². The highest BCUT2D eigenvalue weighted by Crippen LogP contribution is 2.32. The van der Waals surface area contributed by atoms with Gasteiger partial charge in [-0.25, -0.2) is 0 Å². The molecule has 0 amide bonds. The van der Waals surface area contributed by atoms with Crippen molar-refractivity contribution in [2.75, 3.05) is 25.6 Å². The second kappa shape index (κ2) is 10.3. The van der Waals surface area contributed by atoms with E-state index in [1.54, 1.807) is 7.11 Å². The fourth-order valence-electron chi connectivity index (χ4n) is 3.87. The Morgan fingerprint density at radius 2 is 1.85 bits per heavy atom. The third-order valence-electron chi connectivity index (χ3n) is 5.72. The molecule has 0 bridgehead atoms. The molecule has 1 heterocycles. The molecule has 0 unspecified atom stereocenters. The fraction of sp³-hybridized carbons (Fsp3) is 0.222. The second-order valence-corrected chi connectivity index (χ2v) is 8.16. The van der Waals surface area contributed by atoms with Crippen LogP contribution < -0.4 is 4.90 Å². The molecule has 4 aromatic rings. The van der Waals surface area contributed by atoms with Crippen LogP contribution in [0.2, 0.25) is 0 Å². The van der Waals surface area contributed by atoms with Gasteiger partial charge in [0.1, 0.15) is 0 Å². The van der Waals surface area contributed by atoms with Gasteiger partial charge in [0, 0.05) is 37.5 Å². The summed E-state index contributed by atoms with van der Waals surface area (Å²) in [7, 11) is 3.54. The number of hydrogen-bond acceptors (Lipinski definition) is 6. The van der Waals surface area contributed by atoms with Crippen LogP contribution in [0.15, 0.2) is 71.3 Å². The number of aliphatic carboxylic acids is 1. The molecule has 174 valence electrons. The first kappa shape index (κ1) is 23.2. The first-order valence-electron chi connectivity index (χ1n) is 11.0. The number of ether oxygens (including phenoxy) is 1. The van der Waals surface area contributed by atoms with Crippen molar-refractivity contribution in [3.8, 4) is 34.0 Å². The van der Waals surface area contributed by atoms with Gasteiger partial charge in [-0.05, 0) is 53.4 Å². The number of aromatic nitrogens is 2. The number of methoxy groups -OCH3 is 1. The number of rotatable bonds is 9. The van der Waals surface area contributed by atoms with Crippen LogP contribution in [0.1, 0.15) is 17.5 Å². The van der Waals surface area contributed by atoms with E-state index in [0.29, 0.717) is 24.9 Å². The highest BCUT2D eigenvalue weighted by Gasteiger charge is 2.15. The van der Waals surface area contributed by atoms with Gasteiger partial charge in [-0.3, -0.25) is 4.79 Å². The molecule has 0 aliphatic heterocycles. The van der Waals surface area contributed by atoms with Crippen molar-refractivity contribution in [2.45, 2.75) is 20.0 Å². The molecule has 0 radical (unpaired) electrons. The summed E-state index contributed by atoms with van der Waals surface area (Å²) in [6.07, 6.45) is 0.0649. The highest BCUT2D eigenvalue weighted by molar-refractivity contribution is 5.74. The molecule has 7 heteroatoms. The average molecular weight is 458 g/mol. The van der Waals surface area contributed by atoms with Gasteiger partial charge in [0.25, 0.3) is 5.89 Å². The third kappa shape index (κ3) is 5.15. The summed E-state index contributed by atoms with van der Waals surface area (Å²) in [4.78, 5) is 17.4. The number of benzene rings is 3. The lowest BCUT2D eigenvalue weighted by Crippen LogP contribution is -2.20. The van der Waals surface area contributed by atoms with Crippen LogP contribution >= 0.6 is 0 Å². The van der Waals surface area contributed by atoms with Crippen molar-refractivity contribution >= 4 is 11.7 Å². The van der Waals surface area contributed by atoms with Gasteiger partial charge in [0.15, 0.2) is 0 Å². The summed E-state index contributed by atoms with van der Waals surface area (Å²) in [5.74, 6) is 0.0696. The molecule has 3 aromatic carbocycles. The summed E-state index contributed by atoms with van der Waals surface area (Å²) in [5.41, 5.74) is 7.00. The lowest BCUT2D eigenvalue weighted by molar-refractivity contribution is -0.136. The van der Waals surface area contributed by atoms with Crippen molar-refractivity contribution in [2.24, 2.45) is 0 Å². The summed E-state index contributed by atoms with van der Waals surface area (Å²) < 4.78 is 11.1. The Morgan fingerprint density at radius 1 is 1.03 bits per heavy atom. The zero-order chi connectivity index (χ0) is 24.1. The van der Waals surface area contributed by atoms with E-state index in [-0.39, 0.29) is 6.42 Å². The van der Waals surface area contributed by atoms with E-state index in [2.05, 4.69) is 35.3 Å². The van der Waals surface area contributed by atoms with Gasteiger partial charge in [-0.1, -0.05) is 47.6 Å². The maximum absolute atomic E-state index is 10.9. The first-order valence-corrected chi connectivity index (χ1v) is 11.0. The molecule has 0 aliphatic carbocycles. The Bertz CT molecular complexity index is 1300. The van der Waals surface area contributed by atoms with Crippen LogP contribution in [0.25, 0.3) is 34.0 Å². The van der Waals surface area contributed by atoms with Crippen LogP contribution in [0.3, 0.4) is 0 Å². The van der Waals surface area contributed by atoms with E-state index in [4.69, 9.17) is 14.4 Å². The Morgan fingerprint density at radius 3 is 2.62 bits per heavy atom. The van der Waals surface area contributed by atoms with Crippen molar-refractivity contribution in [1.82, 2.24) is 10.1 Å². The van der Waals surface area contributed by atoms with Gasteiger partial charge in [0.05, 0.1) is 13.0 Å². The van der Waals surface area contributed by atoms with E-state index in [1.807, 2.05) is 60.5 Å². The SMILES string of the molecule is COCc1cc(-c2nc(-c3cccc(N(C)CCC(=O)O)c3)no2)ccc1-c1ccccc1C. The van der Waals surface area contributed by atoms with E-state index >= 15 is 0 Å². The van der Waals surface area contributed by atoms with Gasteiger partial charge in [0.2, 0.25) is 5.82 Å². The van der Waals surface area contributed by atoms with Crippen LogP contribution in [0, 0.1) is 6.92 Å². The van der Waals surface area contributed by atoms with Crippen molar-refractivity contribution in [1.29, 1.82) is 0 Å². The standard InChI is InChI=1S/C27H27N3O4/c1-18-7-4-5-10-23(18)24-12-11-20(15-21(24)17-33-3)27-28-26(29-34-27)19-8-6-9-22(16-19)30(2)14-13-25(31)32/h4-12,15-16H,13-14,17H2,1-3H3,(H,31,32). The maximum Gasteiger partial charge on any atom is 0.305 e. The topological polar surface area (TPSA) is 88.7 Å². The predicted molar refractivity (Wildman–Crippen MR) is 132 cm³/mol. The van der Waals surface area contributed by atoms with E-state index in [9.17, 15) is 4.79 Å². The van der Waals surface area contributed by atoms with E-state index < -0.39 is 5.97 Å². The Balaban J connectivity index is 1.62. The first-order chi connectivity index (χ1) is 16.5. The lowest BCUT2D eigenvalue weighted by Gasteiger charge is -2.18. The molecule has 0 atom stereocenters. The Hall–Kier alpha value is -3.97. The zero-order valence-corrected chi connectivity index (χ0v) is 19.5. The molecular formula is C27H27N3O4. The fourth-order valence-corrected chi connectivity index (χ4v) is 3.87. The van der Waals surface area contributed by atoms with Crippen LogP contribution in [-0.4, -0.2) is 41.9 Å². The monoisotopic (exact) mass is 457 g/mol. The van der Waals surface area contributed by atoms with E-state index in [0.717, 1.165) is 33.5 Å². The van der Waals surface area contributed by atoms with E-state index in [1.165, 1.54) is 5.56 Å². The number of carbonyl (C=O) groups is 1. The Labute approximate surface area is 198 Å². The van der Waals surface area contributed by atoms with Gasteiger partial charge in [-0.15, -0.1) is 0 Å². The minimum absolute atomic E-state index is 0.0649. The number of anilines is 1. The molecule has 1 aromatic heterocycles. The maximum atomic E-state index is 10.9. The summed E-state index contributed by atoms with van der Waals surface area (Å²) in [5, 5.41) is 13.1. The molecular weight excluding hydrogens is 430 g/mol. The van der Waals surface area contributed by atoms with Crippen LogP contribution in [0.4, 0.5) is 5.69 Å². The lowest BCUT2D eigenvalue weighted by atomic mass is 9.94. The largest absolute Gasteiger partial charge is 0.481 e. The highest BCUT2D eigenvalue weighted by atomic mass is 16.5. The number of nitrogens with zero attached hydrogens (tertiary/aromatic N) is 3. The van der Waals surface area contributed by atoms with Gasteiger partial charge >= 0.3 is 5.97 Å². The molecule has 0 fully saturated rings. The number of hydrogen-bond donors (Lipinski definition) is 1.